The molecule has 1 aromatic heterocycles. The summed E-state index contributed by atoms with van der Waals surface area (Å²) in [5, 5.41) is 9.91. The first-order chi connectivity index (χ1) is 8.11. The van der Waals surface area contributed by atoms with Crippen LogP contribution in [0.25, 0.3) is 0 Å². The highest BCUT2D eigenvalue weighted by Crippen LogP contribution is 2.24. The molecule has 1 aliphatic carbocycles. The Kier molecular flexibility index (Phi) is 3.47. The van der Waals surface area contributed by atoms with Gasteiger partial charge in [-0.2, -0.15) is 0 Å². The van der Waals surface area contributed by atoms with Gasteiger partial charge in [-0.05, 0) is 19.8 Å². The van der Waals surface area contributed by atoms with Crippen molar-refractivity contribution in [1.82, 2.24) is 9.88 Å². The van der Waals surface area contributed by atoms with Crippen molar-refractivity contribution >= 4 is 5.91 Å². The average Bonchev–Trinajstić information content (AvgIpc) is 2.74. The summed E-state index contributed by atoms with van der Waals surface area (Å²) < 4.78 is 5.09. The van der Waals surface area contributed by atoms with Gasteiger partial charge in [0, 0.05) is 7.05 Å². The average molecular weight is 238 g/mol. The van der Waals surface area contributed by atoms with E-state index in [-0.39, 0.29) is 17.7 Å². The molecule has 0 spiro atoms. The number of carbonyl (C=O) groups is 1. The van der Waals surface area contributed by atoms with E-state index in [2.05, 4.69) is 4.98 Å². The molecule has 2 unspecified atom stereocenters. The van der Waals surface area contributed by atoms with Crippen molar-refractivity contribution in [3.8, 4) is 0 Å². The van der Waals surface area contributed by atoms with Gasteiger partial charge in [0.25, 0.3) is 5.91 Å². The number of hydrogen-bond acceptors (Lipinski definition) is 4. The van der Waals surface area contributed by atoms with Gasteiger partial charge in [-0.15, -0.1) is 0 Å². The lowest BCUT2D eigenvalue weighted by atomic mass is 9.91. The minimum absolute atomic E-state index is 0.110. The fourth-order valence-corrected chi connectivity index (χ4v) is 2.36. The molecule has 1 saturated carbocycles. The molecule has 1 amide bonds. The highest BCUT2D eigenvalue weighted by atomic mass is 16.3. The summed E-state index contributed by atoms with van der Waals surface area (Å²) >= 11 is 0. The molecule has 1 N–H and O–H groups in total. The molecule has 2 atom stereocenters. The second-order valence-corrected chi connectivity index (χ2v) is 4.60. The highest BCUT2D eigenvalue weighted by molar-refractivity contribution is 5.92. The van der Waals surface area contributed by atoms with Crippen LogP contribution < -0.4 is 0 Å². The number of rotatable bonds is 2. The number of nitrogens with zero attached hydrogens (tertiary/aromatic N) is 2. The first kappa shape index (κ1) is 12.1. The van der Waals surface area contributed by atoms with Gasteiger partial charge >= 0.3 is 0 Å². The summed E-state index contributed by atoms with van der Waals surface area (Å²) in [5.41, 5.74) is 0.590. The fourth-order valence-electron chi connectivity index (χ4n) is 2.36. The Balaban J connectivity index is 2.11. The van der Waals surface area contributed by atoms with Crippen molar-refractivity contribution in [2.75, 3.05) is 7.05 Å². The monoisotopic (exact) mass is 238 g/mol. The number of amides is 1. The highest BCUT2D eigenvalue weighted by Gasteiger charge is 2.31. The first-order valence-corrected chi connectivity index (χ1v) is 5.96. The summed E-state index contributed by atoms with van der Waals surface area (Å²) in [7, 11) is 1.71. The standard InChI is InChI=1S/C12H18N2O3/c1-8-11(17-7-13-8)12(16)14(2)9-5-3-4-6-10(9)15/h7,9-10,15H,3-6H2,1-2H3. The van der Waals surface area contributed by atoms with Crippen LogP contribution in [0.1, 0.15) is 41.9 Å². The van der Waals surface area contributed by atoms with E-state index in [0.717, 1.165) is 25.7 Å². The first-order valence-electron chi connectivity index (χ1n) is 5.96. The summed E-state index contributed by atoms with van der Waals surface area (Å²) in [4.78, 5) is 17.6. The fraction of sp³-hybridized carbons (Fsp3) is 0.667. The second-order valence-electron chi connectivity index (χ2n) is 4.60. The van der Waals surface area contributed by atoms with Crippen LogP contribution in [0.2, 0.25) is 0 Å². The third-order valence-corrected chi connectivity index (χ3v) is 3.45. The number of aliphatic hydroxyl groups excluding tert-OH is 1. The van der Waals surface area contributed by atoms with Crippen LogP contribution >= 0.6 is 0 Å². The number of aryl methyl sites for hydroxylation is 1. The van der Waals surface area contributed by atoms with Crippen LogP contribution in [-0.2, 0) is 0 Å². The predicted octanol–water partition coefficient (Wildman–Crippen LogP) is 1.36. The zero-order valence-corrected chi connectivity index (χ0v) is 10.2. The van der Waals surface area contributed by atoms with E-state index < -0.39 is 6.10 Å². The van der Waals surface area contributed by atoms with Crippen molar-refractivity contribution in [1.29, 1.82) is 0 Å². The molecule has 1 aliphatic rings. The summed E-state index contributed by atoms with van der Waals surface area (Å²) in [6.45, 7) is 1.74. The maximum Gasteiger partial charge on any atom is 0.291 e. The van der Waals surface area contributed by atoms with Gasteiger partial charge in [0.15, 0.2) is 6.39 Å². The predicted molar refractivity (Wildman–Crippen MR) is 61.6 cm³/mol. The van der Waals surface area contributed by atoms with E-state index in [1.807, 2.05) is 0 Å². The van der Waals surface area contributed by atoms with Crippen molar-refractivity contribution in [3.63, 3.8) is 0 Å². The van der Waals surface area contributed by atoms with E-state index in [0.29, 0.717) is 5.69 Å². The summed E-state index contributed by atoms with van der Waals surface area (Å²) in [6, 6.07) is -0.110. The topological polar surface area (TPSA) is 66.6 Å². The normalized spacial score (nSPS) is 24.6. The molecular weight excluding hydrogens is 220 g/mol. The minimum Gasteiger partial charge on any atom is -0.438 e. The van der Waals surface area contributed by atoms with E-state index >= 15 is 0 Å². The van der Waals surface area contributed by atoms with Gasteiger partial charge in [-0.3, -0.25) is 4.79 Å². The van der Waals surface area contributed by atoms with E-state index in [1.54, 1.807) is 18.9 Å². The van der Waals surface area contributed by atoms with Crippen molar-refractivity contribution in [2.45, 2.75) is 44.8 Å². The van der Waals surface area contributed by atoms with E-state index in [9.17, 15) is 9.90 Å². The Hall–Kier alpha value is -1.36. The van der Waals surface area contributed by atoms with E-state index in [4.69, 9.17) is 4.42 Å². The molecule has 0 bridgehead atoms. The zero-order chi connectivity index (χ0) is 12.4. The maximum absolute atomic E-state index is 12.2. The van der Waals surface area contributed by atoms with Crippen LogP contribution in [0, 0.1) is 6.92 Å². The number of aromatic nitrogens is 1. The number of carbonyl (C=O) groups excluding carboxylic acids is 1. The van der Waals surface area contributed by atoms with E-state index in [1.165, 1.54) is 6.39 Å². The Labute approximate surface area is 100 Å². The van der Waals surface area contributed by atoms with Gasteiger partial charge in [0.2, 0.25) is 5.76 Å². The Morgan fingerprint density at radius 1 is 1.53 bits per heavy atom. The van der Waals surface area contributed by atoms with Gasteiger partial charge < -0.3 is 14.4 Å². The SMILES string of the molecule is Cc1ncoc1C(=O)N(C)C1CCCCC1O. The molecule has 1 aromatic rings. The number of likely N-dealkylation sites (N-methyl/N-ethyl adjacent to an activating group) is 1. The lowest BCUT2D eigenvalue weighted by molar-refractivity contribution is 0.0249. The number of aliphatic hydroxyl groups is 1. The molecule has 0 radical (unpaired) electrons. The molecular formula is C12H18N2O3. The van der Waals surface area contributed by atoms with Crippen molar-refractivity contribution in [3.05, 3.63) is 17.8 Å². The lowest BCUT2D eigenvalue weighted by Crippen LogP contribution is -2.46. The zero-order valence-electron chi connectivity index (χ0n) is 10.2. The smallest absolute Gasteiger partial charge is 0.291 e. The molecule has 0 aromatic carbocycles. The maximum atomic E-state index is 12.2. The third kappa shape index (κ3) is 2.34. The second kappa shape index (κ2) is 4.87. The Bertz CT molecular complexity index is 402. The largest absolute Gasteiger partial charge is 0.438 e. The van der Waals surface area contributed by atoms with Crippen LogP contribution in [0.4, 0.5) is 0 Å². The van der Waals surface area contributed by atoms with Crippen molar-refractivity contribution in [2.24, 2.45) is 0 Å². The summed E-state index contributed by atoms with van der Waals surface area (Å²) in [6.07, 6.45) is 4.53. The van der Waals surface area contributed by atoms with Gasteiger partial charge in [-0.25, -0.2) is 4.98 Å². The molecule has 1 fully saturated rings. The number of hydrogen-bond donors (Lipinski definition) is 1. The molecule has 0 saturated heterocycles. The Morgan fingerprint density at radius 2 is 2.24 bits per heavy atom. The van der Waals surface area contributed by atoms with Crippen LogP contribution in [-0.4, -0.2) is 40.1 Å². The quantitative estimate of drug-likeness (QED) is 0.844. The molecule has 5 nitrogen and oxygen atoms in total. The summed E-state index contributed by atoms with van der Waals surface area (Å²) in [5.74, 6) is 0.0659. The van der Waals surface area contributed by atoms with Crippen LogP contribution in [0.15, 0.2) is 10.8 Å². The van der Waals surface area contributed by atoms with Crippen molar-refractivity contribution < 1.29 is 14.3 Å². The third-order valence-electron chi connectivity index (χ3n) is 3.45. The molecule has 0 aliphatic heterocycles. The Morgan fingerprint density at radius 3 is 2.82 bits per heavy atom. The molecule has 2 rings (SSSR count). The molecule has 1 heterocycles. The lowest BCUT2D eigenvalue weighted by Gasteiger charge is -2.34. The minimum atomic E-state index is -0.430. The molecule has 17 heavy (non-hydrogen) atoms. The molecule has 94 valence electrons. The van der Waals surface area contributed by atoms with Gasteiger partial charge in [0.05, 0.1) is 17.8 Å². The van der Waals surface area contributed by atoms with Gasteiger partial charge in [-0.1, -0.05) is 12.8 Å². The van der Waals surface area contributed by atoms with Crippen LogP contribution in [0.5, 0.6) is 0 Å². The number of oxazole rings is 1. The molecule has 5 heteroatoms. The van der Waals surface area contributed by atoms with Crippen LogP contribution in [0.3, 0.4) is 0 Å². The van der Waals surface area contributed by atoms with Gasteiger partial charge in [0.1, 0.15) is 0 Å².